The fraction of sp³-hybridized carbons (Fsp3) is 0.419. The fourth-order valence-corrected chi connectivity index (χ4v) is 6.54. The molecule has 3 unspecified atom stereocenters. The molecule has 2 aromatic rings. The first-order valence-corrected chi connectivity index (χ1v) is 13.8. The molecule has 1 amide bonds. The lowest BCUT2D eigenvalue weighted by Gasteiger charge is -2.59. The first-order valence-electron chi connectivity index (χ1n) is 13.5. The summed E-state index contributed by atoms with van der Waals surface area (Å²) in [6, 6.07) is 16.2. The number of carboxylic acid groups (broad SMARTS) is 2. The first kappa shape index (κ1) is 27.4. The second kappa shape index (κ2) is 9.81. The van der Waals surface area contributed by atoms with Crippen LogP contribution in [0.15, 0.2) is 72.1 Å². The first-order chi connectivity index (χ1) is 18.4. The summed E-state index contributed by atoms with van der Waals surface area (Å²) in [7, 11) is 0. The zero-order chi connectivity index (χ0) is 28.2. The summed E-state index contributed by atoms with van der Waals surface area (Å²) < 4.78 is -0.405. The molecule has 0 saturated carbocycles. The largest absolute Gasteiger partial charge is 0.498 e. The van der Waals surface area contributed by atoms with Crippen LogP contribution in [0.5, 0.6) is 0 Å². The summed E-state index contributed by atoms with van der Waals surface area (Å²) in [5.74, 6) is -0.957. The molecule has 39 heavy (non-hydrogen) atoms. The topological polar surface area (TPSA) is 83.9 Å². The van der Waals surface area contributed by atoms with Crippen molar-refractivity contribution in [3.05, 3.63) is 82.7 Å². The van der Waals surface area contributed by atoms with Crippen molar-refractivity contribution in [2.24, 2.45) is 5.41 Å². The SMILES string of the molecule is CC1(C(=O)O)C=C2C(=CC1)N1CCN(Cc3ccccc3-c3ccc(Cl)cc3)CC1C[N+]2(C(=O)[O-])C(C)(C)C. The Morgan fingerprint density at radius 1 is 1.13 bits per heavy atom. The van der Waals surface area contributed by atoms with Crippen molar-refractivity contribution in [2.75, 3.05) is 26.2 Å². The molecule has 2 saturated heterocycles. The second-order valence-electron chi connectivity index (χ2n) is 12.2. The summed E-state index contributed by atoms with van der Waals surface area (Å²) in [5.41, 5.74) is 2.94. The van der Waals surface area contributed by atoms with E-state index >= 15 is 0 Å². The summed E-state index contributed by atoms with van der Waals surface area (Å²) in [6.07, 6.45) is 2.73. The highest BCUT2D eigenvalue weighted by Crippen LogP contribution is 2.47. The molecule has 7 nitrogen and oxygen atoms in total. The average Bonchev–Trinajstić information content (AvgIpc) is 2.88. The lowest BCUT2D eigenvalue weighted by molar-refractivity contribution is -0.890. The Bertz CT molecular complexity index is 1360. The molecule has 0 radical (unpaired) electrons. The van der Waals surface area contributed by atoms with Crippen molar-refractivity contribution in [3.8, 4) is 11.1 Å². The molecule has 2 fully saturated rings. The predicted octanol–water partition coefficient (Wildman–Crippen LogP) is 4.73. The van der Waals surface area contributed by atoms with Gasteiger partial charge in [0.2, 0.25) is 0 Å². The maximum absolute atomic E-state index is 13.0. The van der Waals surface area contributed by atoms with Crippen LogP contribution in [0.3, 0.4) is 0 Å². The molecule has 1 N–H and O–H groups in total. The minimum atomic E-state index is -1.20. The van der Waals surface area contributed by atoms with Crippen LogP contribution in [0.1, 0.15) is 39.7 Å². The van der Waals surface area contributed by atoms with E-state index in [1.165, 1.54) is 5.56 Å². The molecule has 5 rings (SSSR count). The van der Waals surface area contributed by atoms with E-state index in [4.69, 9.17) is 11.6 Å². The molecule has 2 heterocycles. The van der Waals surface area contributed by atoms with Gasteiger partial charge in [-0.15, -0.1) is 0 Å². The molecule has 0 aromatic heterocycles. The number of fused-ring (bicyclic) bond motifs is 3. The van der Waals surface area contributed by atoms with Gasteiger partial charge < -0.3 is 19.9 Å². The summed E-state index contributed by atoms with van der Waals surface area (Å²) in [5, 5.41) is 23.7. The molecular formula is C31H36ClN3O4. The molecular weight excluding hydrogens is 514 g/mol. The number of quaternary nitrogens is 1. The van der Waals surface area contributed by atoms with E-state index in [0.29, 0.717) is 30.2 Å². The Balaban J connectivity index is 1.48. The zero-order valence-corrected chi connectivity index (χ0v) is 23.7. The van der Waals surface area contributed by atoms with Crippen LogP contribution in [-0.2, 0) is 11.3 Å². The second-order valence-corrected chi connectivity index (χ2v) is 12.7. The van der Waals surface area contributed by atoms with Crippen LogP contribution in [0, 0.1) is 5.41 Å². The van der Waals surface area contributed by atoms with Crippen molar-refractivity contribution in [1.82, 2.24) is 9.80 Å². The van der Waals surface area contributed by atoms with E-state index in [2.05, 4.69) is 21.9 Å². The van der Waals surface area contributed by atoms with Gasteiger partial charge in [0.05, 0.1) is 17.2 Å². The van der Waals surface area contributed by atoms with Gasteiger partial charge in [0.15, 0.2) is 5.70 Å². The number of benzene rings is 2. The third-order valence-corrected chi connectivity index (χ3v) is 8.97. The van der Waals surface area contributed by atoms with E-state index in [-0.39, 0.29) is 6.04 Å². The summed E-state index contributed by atoms with van der Waals surface area (Å²) >= 11 is 6.12. The predicted molar refractivity (Wildman–Crippen MR) is 149 cm³/mol. The zero-order valence-electron chi connectivity index (χ0n) is 23.0. The van der Waals surface area contributed by atoms with Crippen molar-refractivity contribution in [3.63, 3.8) is 0 Å². The Kier molecular flexibility index (Phi) is 6.90. The van der Waals surface area contributed by atoms with Crippen LogP contribution in [0.25, 0.3) is 11.1 Å². The van der Waals surface area contributed by atoms with Gasteiger partial charge in [-0.2, -0.15) is 0 Å². The van der Waals surface area contributed by atoms with Crippen molar-refractivity contribution < 1.29 is 24.3 Å². The van der Waals surface area contributed by atoms with Crippen molar-refractivity contribution >= 4 is 23.7 Å². The van der Waals surface area contributed by atoms with Gasteiger partial charge in [-0.3, -0.25) is 9.69 Å². The van der Waals surface area contributed by atoms with Crippen LogP contribution < -0.4 is 5.11 Å². The number of allylic oxidation sites excluding steroid dienone is 1. The van der Waals surface area contributed by atoms with Gasteiger partial charge in [0, 0.05) is 31.2 Å². The summed E-state index contributed by atoms with van der Waals surface area (Å²) in [4.78, 5) is 29.9. The number of amides is 1. The standard InChI is InChI=1S/C31H36ClN3O4/c1-30(2,3)35(29(38)39)20-24-19-33(15-16-34(24)26-13-14-31(4,28(36)37)17-27(26)35)18-22-7-5-6-8-25(22)21-9-11-23(32)12-10-21/h5-13,17,24H,14-16,18-20H2,1-4H3,(H-,36,37,38,39). The Morgan fingerprint density at radius 2 is 1.82 bits per heavy atom. The summed E-state index contributed by atoms with van der Waals surface area (Å²) in [6.45, 7) is 10.6. The van der Waals surface area contributed by atoms with Crippen LogP contribution in [-0.4, -0.2) is 69.2 Å². The molecule has 206 valence electrons. The highest BCUT2D eigenvalue weighted by Gasteiger charge is 2.57. The lowest BCUT2D eigenvalue weighted by Crippen LogP contribution is -2.75. The number of rotatable bonds is 4. The van der Waals surface area contributed by atoms with Crippen molar-refractivity contribution in [2.45, 2.75) is 52.2 Å². The number of piperazine rings is 2. The third kappa shape index (κ3) is 4.66. The number of hydrogen-bond donors (Lipinski definition) is 1. The molecule has 0 spiro atoms. The highest BCUT2D eigenvalue weighted by atomic mass is 35.5. The maximum Gasteiger partial charge on any atom is 0.313 e. The fourth-order valence-electron chi connectivity index (χ4n) is 6.41. The van der Waals surface area contributed by atoms with E-state index in [9.17, 15) is 19.8 Å². The van der Waals surface area contributed by atoms with E-state index in [1.54, 1.807) is 13.0 Å². The molecule has 3 atom stereocenters. The van der Waals surface area contributed by atoms with Crippen LogP contribution >= 0.6 is 11.6 Å². The number of carbonyl (C=O) groups is 2. The Labute approximate surface area is 235 Å². The smallest absolute Gasteiger partial charge is 0.313 e. The molecule has 0 bridgehead atoms. The normalized spacial score (nSPS) is 27.2. The van der Waals surface area contributed by atoms with Crippen LogP contribution in [0.2, 0.25) is 5.02 Å². The van der Waals surface area contributed by atoms with Gasteiger partial charge in [0.1, 0.15) is 12.1 Å². The minimum absolute atomic E-state index is 0.0591. The highest BCUT2D eigenvalue weighted by molar-refractivity contribution is 6.30. The number of carbonyl (C=O) groups excluding carboxylic acids is 1. The van der Waals surface area contributed by atoms with Gasteiger partial charge in [0.25, 0.3) is 6.09 Å². The van der Waals surface area contributed by atoms with Gasteiger partial charge in [-0.25, -0.2) is 4.48 Å². The lowest BCUT2D eigenvalue weighted by atomic mass is 9.78. The number of carboxylic acids is 1. The monoisotopic (exact) mass is 549 g/mol. The number of nitrogens with zero attached hydrogens (tertiary/aromatic N) is 3. The maximum atomic E-state index is 13.0. The Morgan fingerprint density at radius 3 is 2.46 bits per heavy atom. The average molecular weight is 550 g/mol. The molecule has 2 aromatic carbocycles. The molecule has 3 aliphatic rings. The number of halogens is 1. The molecule has 2 aliphatic heterocycles. The van der Waals surface area contributed by atoms with Crippen molar-refractivity contribution in [1.29, 1.82) is 0 Å². The van der Waals surface area contributed by atoms with E-state index in [0.717, 1.165) is 36.5 Å². The number of hydrogen-bond acceptors (Lipinski definition) is 5. The number of aliphatic carboxylic acids is 1. The molecule has 8 heteroatoms. The minimum Gasteiger partial charge on any atom is -0.498 e. The quantitative estimate of drug-likeness (QED) is 0.555. The van der Waals surface area contributed by atoms with E-state index in [1.807, 2.05) is 63.2 Å². The third-order valence-electron chi connectivity index (χ3n) is 8.72. The van der Waals surface area contributed by atoms with Crippen LogP contribution in [0.4, 0.5) is 4.79 Å². The molecule has 1 aliphatic carbocycles. The van der Waals surface area contributed by atoms with Gasteiger partial charge >= 0.3 is 5.97 Å². The Hall–Kier alpha value is -3.13. The van der Waals surface area contributed by atoms with Gasteiger partial charge in [-0.1, -0.05) is 54.1 Å². The van der Waals surface area contributed by atoms with Gasteiger partial charge in [-0.05, 0) is 69.0 Å². The van der Waals surface area contributed by atoms with E-state index < -0.39 is 27.5 Å².